The van der Waals surface area contributed by atoms with Gasteiger partial charge in [-0.2, -0.15) is 0 Å². The molecule has 2 N–H and O–H groups in total. The van der Waals surface area contributed by atoms with Gasteiger partial charge in [-0.3, -0.25) is 14.5 Å². The molecule has 0 aliphatic carbocycles. The highest BCUT2D eigenvalue weighted by Crippen LogP contribution is 2.44. The Morgan fingerprint density at radius 1 is 0.973 bits per heavy atom. The van der Waals surface area contributed by atoms with Crippen LogP contribution in [-0.4, -0.2) is 32.1 Å². The third-order valence-corrected chi connectivity index (χ3v) is 7.79. The monoisotopic (exact) mass is 537 g/mol. The minimum Gasteiger partial charge on any atom is -0.508 e. The largest absolute Gasteiger partial charge is 0.508 e. The number of rotatable bonds is 6. The average Bonchev–Trinajstić information content (AvgIpc) is 3.46. The van der Waals surface area contributed by atoms with Crippen LogP contribution in [0.3, 0.4) is 0 Å². The Bertz CT molecular complexity index is 1520. The van der Waals surface area contributed by atoms with Crippen LogP contribution < -0.4 is 4.90 Å². The number of phenolic OH excluding ortho intramolecular Hbond substituents is 1. The molecule has 1 saturated heterocycles. The van der Waals surface area contributed by atoms with Crippen molar-refractivity contribution in [2.24, 2.45) is 0 Å². The number of halogens is 2. The molecule has 37 heavy (non-hydrogen) atoms. The van der Waals surface area contributed by atoms with E-state index in [-0.39, 0.29) is 33.6 Å². The number of aliphatic hydroxyl groups is 1. The summed E-state index contributed by atoms with van der Waals surface area (Å²) in [5.41, 5.74) is 0.851. The zero-order valence-corrected chi connectivity index (χ0v) is 20.5. The number of Topliss-reactive ketones (excluding diaryl/α,β-unsaturated/α-hetero) is 1. The van der Waals surface area contributed by atoms with E-state index in [0.717, 1.165) is 28.4 Å². The lowest BCUT2D eigenvalue weighted by atomic mass is 9.95. The quantitative estimate of drug-likeness (QED) is 0.111. The van der Waals surface area contributed by atoms with Crippen LogP contribution in [0.2, 0.25) is 0 Å². The van der Waals surface area contributed by atoms with Crippen LogP contribution in [0.4, 0.5) is 13.9 Å². The van der Waals surface area contributed by atoms with Crippen molar-refractivity contribution in [1.82, 2.24) is 10.2 Å². The summed E-state index contributed by atoms with van der Waals surface area (Å²) in [5, 5.41) is 29.1. The Balaban J connectivity index is 1.54. The number of aromatic hydroxyl groups is 1. The van der Waals surface area contributed by atoms with Crippen molar-refractivity contribution in [3.63, 3.8) is 0 Å². The molecule has 2 heterocycles. The molecule has 1 unspecified atom stereocenters. The molecule has 7 nitrogen and oxygen atoms in total. The van der Waals surface area contributed by atoms with Gasteiger partial charge in [0, 0.05) is 11.3 Å². The number of hydrogen-bond donors (Lipinski definition) is 2. The van der Waals surface area contributed by atoms with Gasteiger partial charge in [-0.05, 0) is 53.6 Å². The summed E-state index contributed by atoms with van der Waals surface area (Å²) < 4.78 is 27.9. The number of phenols is 1. The number of aliphatic hydroxyl groups excluding tert-OH is 1. The van der Waals surface area contributed by atoms with Crippen molar-refractivity contribution in [3.05, 3.63) is 107 Å². The maximum Gasteiger partial charge on any atom is 0.301 e. The van der Waals surface area contributed by atoms with Crippen molar-refractivity contribution in [2.45, 2.75) is 16.1 Å². The molecule has 5 rings (SSSR count). The standard InChI is InChI=1S/C26H17F2N3O4S2/c27-17-9-5-15(6-10-17)22(33)20-21(14-7-11-18(32)12-8-14)31(24(35)23(20)34)25-29-30-26(37-25)36-13-16-3-1-2-4-19(16)28/h1-12,21,32-33H,13H2/b22-20-. The molecule has 1 aliphatic heterocycles. The van der Waals surface area contributed by atoms with Crippen LogP contribution in [0.1, 0.15) is 22.7 Å². The van der Waals surface area contributed by atoms with Gasteiger partial charge in [0.2, 0.25) is 5.13 Å². The maximum atomic E-state index is 14.0. The predicted octanol–water partition coefficient (Wildman–Crippen LogP) is 5.44. The summed E-state index contributed by atoms with van der Waals surface area (Å²) in [7, 11) is 0. The summed E-state index contributed by atoms with van der Waals surface area (Å²) >= 11 is 2.27. The Hall–Kier alpha value is -4.09. The first-order valence-corrected chi connectivity index (χ1v) is 12.7. The third-order valence-electron chi connectivity index (χ3n) is 5.68. The summed E-state index contributed by atoms with van der Waals surface area (Å²) in [5.74, 6) is -2.97. The van der Waals surface area contributed by atoms with E-state index in [1.54, 1.807) is 18.2 Å². The second-order valence-electron chi connectivity index (χ2n) is 8.00. The van der Waals surface area contributed by atoms with Crippen LogP contribution >= 0.6 is 23.1 Å². The zero-order chi connectivity index (χ0) is 26.1. The smallest absolute Gasteiger partial charge is 0.301 e. The summed E-state index contributed by atoms with van der Waals surface area (Å²) in [6.07, 6.45) is 0. The van der Waals surface area contributed by atoms with Gasteiger partial charge in [0.15, 0.2) is 4.34 Å². The highest BCUT2D eigenvalue weighted by molar-refractivity contribution is 8.00. The normalized spacial score (nSPS) is 16.9. The summed E-state index contributed by atoms with van der Waals surface area (Å²) in [6.45, 7) is 0. The molecule has 0 bridgehead atoms. The fourth-order valence-electron chi connectivity index (χ4n) is 3.88. The van der Waals surface area contributed by atoms with Crippen LogP contribution in [0.25, 0.3) is 5.76 Å². The number of benzene rings is 3. The number of nitrogens with zero attached hydrogens (tertiary/aromatic N) is 3. The molecule has 0 radical (unpaired) electrons. The SMILES string of the molecule is O=C1C(=O)N(c2nnc(SCc3ccccc3F)s2)C(c2ccc(O)cc2)/C1=C(/O)c1ccc(F)cc1. The average molecular weight is 538 g/mol. The molecular formula is C26H17F2N3O4S2. The number of hydrogen-bond acceptors (Lipinski definition) is 8. The molecule has 1 atom stereocenters. The molecule has 1 aliphatic rings. The molecule has 0 saturated carbocycles. The van der Waals surface area contributed by atoms with E-state index in [2.05, 4.69) is 10.2 Å². The molecular weight excluding hydrogens is 520 g/mol. The van der Waals surface area contributed by atoms with E-state index in [1.807, 2.05) is 0 Å². The second kappa shape index (κ2) is 10.1. The fourth-order valence-corrected chi connectivity index (χ4v) is 5.73. The number of ketones is 1. The van der Waals surface area contributed by atoms with Crippen molar-refractivity contribution < 1.29 is 28.6 Å². The summed E-state index contributed by atoms with van der Waals surface area (Å²) in [4.78, 5) is 27.5. The number of carbonyl (C=O) groups is 2. The van der Waals surface area contributed by atoms with E-state index in [0.29, 0.717) is 15.5 Å². The topological polar surface area (TPSA) is 104 Å². The van der Waals surface area contributed by atoms with Gasteiger partial charge in [0.05, 0.1) is 11.6 Å². The van der Waals surface area contributed by atoms with Gasteiger partial charge in [-0.1, -0.05) is 53.4 Å². The highest BCUT2D eigenvalue weighted by Gasteiger charge is 2.48. The Morgan fingerprint density at radius 2 is 1.68 bits per heavy atom. The minimum atomic E-state index is -1.08. The Labute approximate surface area is 217 Å². The molecule has 1 aromatic heterocycles. The first kappa shape index (κ1) is 24.6. The lowest BCUT2D eigenvalue weighted by Crippen LogP contribution is -2.29. The van der Waals surface area contributed by atoms with Crippen LogP contribution in [0.5, 0.6) is 5.75 Å². The van der Waals surface area contributed by atoms with E-state index in [9.17, 15) is 28.6 Å². The molecule has 1 amide bonds. The second-order valence-corrected chi connectivity index (χ2v) is 10.2. The number of carbonyl (C=O) groups excluding carboxylic acids is 2. The minimum absolute atomic E-state index is 0.0259. The molecule has 4 aromatic rings. The zero-order valence-electron chi connectivity index (χ0n) is 18.8. The van der Waals surface area contributed by atoms with Gasteiger partial charge < -0.3 is 10.2 Å². The van der Waals surface area contributed by atoms with E-state index >= 15 is 0 Å². The van der Waals surface area contributed by atoms with Crippen LogP contribution in [0, 0.1) is 11.6 Å². The van der Waals surface area contributed by atoms with Crippen molar-refractivity contribution in [3.8, 4) is 5.75 Å². The van der Waals surface area contributed by atoms with Gasteiger partial charge in [0.25, 0.3) is 5.78 Å². The van der Waals surface area contributed by atoms with Crippen molar-refractivity contribution >= 4 is 45.7 Å². The molecule has 3 aromatic carbocycles. The van der Waals surface area contributed by atoms with Crippen LogP contribution in [-0.2, 0) is 15.3 Å². The fraction of sp³-hybridized carbons (Fsp3) is 0.0769. The summed E-state index contributed by atoms with van der Waals surface area (Å²) in [6, 6.07) is 15.9. The lowest BCUT2D eigenvalue weighted by molar-refractivity contribution is -0.132. The van der Waals surface area contributed by atoms with E-state index in [4.69, 9.17) is 0 Å². The molecule has 11 heteroatoms. The van der Waals surface area contributed by atoms with Gasteiger partial charge in [-0.15, -0.1) is 10.2 Å². The third kappa shape index (κ3) is 4.83. The Kier molecular flexibility index (Phi) is 6.72. The maximum absolute atomic E-state index is 14.0. The molecule has 186 valence electrons. The first-order valence-electron chi connectivity index (χ1n) is 10.9. The first-order chi connectivity index (χ1) is 17.8. The van der Waals surface area contributed by atoms with E-state index in [1.165, 1.54) is 54.2 Å². The van der Waals surface area contributed by atoms with Gasteiger partial charge >= 0.3 is 5.91 Å². The predicted molar refractivity (Wildman–Crippen MR) is 135 cm³/mol. The van der Waals surface area contributed by atoms with Crippen molar-refractivity contribution in [1.29, 1.82) is 0 Å². The number of amides is 1. The van der Waals surface area contributed by atoms with Gasteiger partial charge in [0.1, 0.15) is 23.1 Å². The lowest BCUT2D eigenvalue weighted by Gasteiger charge is -2.22. The van der Waals surface area contributed by atoms with Crippen molar-refractivity contribution in [2.75, 3.05) is 4.90 Å². The molecule has 1 fully saturated rings. The van der Waals surface area contributed by atoms with Gasteiger partial charge in [-0.25, -0.2) is 8.78 Å². The number of anilines is 1. The highest BCUT2D eigenvalue weighted by atomic mass is 32.2. The number of aromatic nitrogens is 2. The Morgan fingerprint density at radius 3 is 2.38 bits per heavy atom. The van der Waals surface area contributed by atoms with Crippen LogP contribution in [0.15, 0.2) is 82.7 Å². The number of thioether (sulfide) groups is 1. The molecule has 0 spiro atoms. The van der Waals surface area contributed by atoms with E-state index < -0.39 is 29.3 Å².